The first-order valence-corrected chi connectivity index (χ1v) is 4.10. The first-order valence-electron chi connectivity index (χ1n) is 4.10. The van der Waals surface area contributed by atoms with Gasteiger partial charge < -0.3 is 5.73 Å². The molecular formula is C12H17NO. The third-order valence-electron chi connectivity index (χ3n) is 1.09. The minimum absolute atomic E-state index is 0.398. The van der Waals surface area contributed by atoms with Crippen LogP contribution in [-0.4, -0.2) is 5.91 Å². The molecule has 76 valence electrons. The van der Waals surface area contributed by atoms with Crippen molar-refractivity contribution in [3.8, 4) is 0 Å². The molecule has 0 radical (unpaired) electrons. The van der Waals surface area contributed by atoms with E-state index >= 15 is 0 Å². The fourth-order valence-corrected chi connectivity index (χ4v) is 0.385. The number of amides is 1. The van der Waals surface area contributed by atoms with E-state index in [1.54, 1.807) is 6.92 Å². The van der Waals surface area contributed by atoms with Crippen molar-refractivity contribution in [1.82, 2.24) is 0 Å². The molecule has 2 N–H and O–H groups in total. The molecular weight excluding hydrogens is 174 g/mol. The van der Waals surface area contributed by atoms with Crippen LogP contribution in [0, 0.1) is 0 Å². The second kappa shape index (κ2) is 11.2. The molecule has 1 aromatic carbocycles. The van der Waals surface area contributed by atoms with E-state index in [0.717, 1.165) is 0 Å². The zero-order valence-corrected chi connectivity index (χ0v) is 8.57. The van der Waals surface area contributed by atoms with E-state index in [0.29, 0.717) is 5.57 Å². The van der Waals surface area contributed by atoms with Crippen molar-refractivity contribution in [1.29, 1.82) is 0 Å². The van der Waals surface area contributed by atoms with Gasteiger partial charge in [-0.05, 0) is 6.92 Å². The number of benzene rings is 1. The maximum Gasteiger partial charge on any atom is 0.243 e. The van der Waals surface area contributed by atoms with Crippen LogP contribution in [0.2, 0.25) is 0 Å². The number of nitrogens with two attached hydrogens (primary N) is 1. The molecule has 0 aromatic heterocycles. The van der Waals surface area contributed by atoms with Crippen molar-refractivity contribution in [2.24, 2.45) is 5.73 Å². The van der Waals surface area contributed by atoms with E-state index in [1.807, 2.05) is 36.4 Å². The lowest BCUT2D eigenvalue weighted by atomic mass is 10.3. The highest BCUT2D eigenvalue weighted by Gasteiger charge is 1.86. The molecule has 0 aliphatic rings. The molecule has 0 saturated carbocycles. The van der Waals surface area contributed by atoms with Gasteiger partial charge in [-0.3, -0.25) is 4.79 Å². The van der Waals surface area contributed by atoms with Crippen LogP contribution in [0.4, 0.5) is 0 Å². The Morgan fingerprint density at radius 1 is 1.00 bits per heavy atom. The number of carbonyl (C=O) groups excluding carboxylic acids is 1. The molecule has 2 nitrogen and oxygen atoms in total. The molecule has 2 heteroatoms. The summed E-state index contributed by atoms with van der Waals surface area (Å²) in [5.74, 6) is -0.435. The maximum atomic E-state index is 9.82. The molecule has 1 amide bonds. The SMILES string of the molecule is C=C.C=C(C)C(N)=O.c1ccccc1. The van der Waals surface area contributed by atoms with Gasteiger partial charge in [0.15, 0.2) is 0 Å². The zero-order valence-electron chi connectivity index (χ0n) is 8.57. The molecule has 1 rings (SSSR count). The van der Waals surface area contributed by atoms with E-state index < -0.39 is 5.91 Å². The second-order valence-corrected chi connectivity index (χ2v) is 2.30. The van der Waals surface area contributed by atoms with Gasteiger partial charge in [0.2, 0.25) is 5.91 Å². The molecule has 0 saturated heterocycles. The molecule has 0 heterocycles. The Balaban J connectivity index is 0. The molecule has 0 fully saturated rings. The van der Waals surface area contributed by atoms with Crippen LogP contribution < -0.4 is 5.73 Å². The summed E-state index contributed by atoms with van der Waals surface area (Å²) in [5.41, 5.74) is 5.09. The smallest absolute Gasteiger partial charge is 0.243 e. The minimum atomic E-state index is -0.435. The lowest BCUT2D eigenvalue weighted by Gasteiger charge is -1.81. The van der Waals surface area contributed by atoms with Crippen molar-refractivity contribution in [2.75, 3.05) is 0 Å². The Morgan fingerprint density at radius 3 is 1.21 bits per heavy atom. The van der Waals surface area contributed by atoms with Gasteiger partial charge in [-0.25, -0.2) is 0 Å². The van der Waals surface area contributed by atoms with Crippen LogP contribution in [0.15, 0.2) is 61.7 Å². The van der Waals surface area contributed by atoms with Crippen molar-refractivity contribution < 1.29 is 4.79 Å². The van der Waals surface area contributed by atoms with Crippen molar-refractivity contribution >= 4 is 5.91 Å². The Bertz CT molecular complexity index is 216. The third-order valence-corrected chi connectivity index (χ3v) is 1.09. The van der Waals surface area contributed by atoms with Gasteiger partial charge in [-0.2, -0.15) is 0 Å². The van der Waals surface area contributed by atoms with Crippen molar-refractivity contribution in [3.05, 3.63) is 61.7 Å². The summed E-state index contributed by atoms with van der Waals surface area (Å²) >= 11 is 0. The molecule has 0 atom stereocenters. The summed E-state index contributed by atoms with van der Waals surface area (Å²) in [4.78, 5) is 9.82. The van der Waals surface area contributed by atoms with Crippen LogP contribution >= 0.6 is 0 Å². The van der Waals surface area contributed by atoms with E-state index in [4.69, 9.17) is 5.73 Å². The first kappa shape index (κ1) is 14.7. The highest BCUT2D eigenvalue weighted by Crippen LogP contribution is 1.80. The molecule has 0 spiro atoms. The standard InChI is InChI=1S/C6H6.C4H7NO.C2H4/c1-2-4-6-5-3-1;1-3(2)4(5)6;1-2/h1-6H;1H2,2H3,(H2,5,6);1-2H2. The largest absolute Gasteiger partial charge is 0.366 e. The Labute approximate surface area is 85.8 Å². The maximum absolute atomic E-state index is 9.82. The number of hydrogen-bond donors (Lipinski definition) is 1. The molecule has 0 bridgehead atoms. The summed E-state index contributed by atoms with van der Waals surface area (Å²) in [6.45, 7) is 10.9. The Hall–Kier alpha value is -1.83. The summed E-state index contributed by atoms with van der Waals surface area (Å²) in [5, 5.41) is 0. The number of primary amides is 1. The third kappa shape index (κ3) is 12.8. The van der Waals surface area contributed by atoms with Gasteiger partial charge in [-0.15, -0.1) is 13.2 Å². The monoisotopic (exact) mass is 191 g/mol. The van der Waals surface area contributed by atoms with Crippen LogP contribution in [0.1, 0.15) is 6.92 Å². The highest BCUT2D eigenvalue weighted by molar-refractivity contribution is 5.90. The second-order valence-electron chi connectivity index (χ2n) is 2.30. The molecule has 0 aliphatic carbocycles. The van der Waals surface area contributed by atoms with Crippen molar-refractivity contribution in [2.45, 2.75) is 6.92 Å². The van der Waals surface area contributed by atoms with Gasteiger partial charge in [0.1, 0.15) is 0 Å². The predicted molar refractivity (Wildman–Crippen MR) is 61.7 cm³/mol. The lowest BCUT2D eigenvalue weighted by Crippen LogP contribution is -2.10. The molecule has 1 aromatic rings. The number of rotatable bonds is 1. The number of hydrogen-bond acceptors (Lipinski definition) is 1. The van der Waals surface area contributed by atoms with E-state index in [1.165, 1.54) is 0 Å². The summed E-state index contributed by atoms with van der Waals surface area (Å²) in [6.07, 6.45) is 0. The normalized spacial score (nSPS) is 6.93. The van der Waals surface area contributed by atoms with Gasteiger partial charge in [0.25, 0.3) is 0 Å². The average Bonchev–Trinajstić information content (AvgIpc) is 2.24. The minimum Gasteiger partial charge on any atom is -0.366 e. The van der Waals surface area contributed by atoms with Gasteiger partial charge in [-0.1, -0.05) is 43.0 Å². The lowest BCUT2D eigenvalue weighted by molar-refractivity contribution is -0.114. The van der Waals surface area contributed by atoms with Gasteiger partial charge in [0.05, 0.1) is 0 Å². The van der Waals surface area contributed by atoms with Gasteiger partial charge >= 0.3 is 0 Å². The van der Waals surface area contributed by atoms with Crippen LogP contribution in [0.5, 0.6) is 0 Å². The summed E-state index contributed by atoms with van der Waals surface area (Å²) in [7, 11) is 0. The van der Waals surface area contributed by atoms with E-state index in [9.17, 15) is 4.79 Å². The topological polar surface area (TPSA) is 43.1 Å². The van der Waals surface area contributed by atoms with Crippen LogP contribution in [0.25, 0.3) is 0 Å². The van der Waals surface area contributed by atoms with Crippen LogP contribution in [-0.2, 0) is 4.79 Å². The summed E-state index contributed by atoms with van der Waals surface area (Å²) in [6, 6.07) is 12.0. The average molecular weight is 191 g/mol. The summed E-state index contributed by atoms with van der Waals surface area (Å²) < 4.78 is 0. The first-order chi connectivity index (χ1) is 6.64. The zero-order chi connectivity index (χ0) is 11.4. The molecule has 0 aliphatic heterocycles. The van der Waals surface area contributed by atoms with Crippen molar-refractivity contribution in [3.63, 3.8) is 0 Å². The molecule has 14 heavy (non-hydrogen) atoms. The number of carbonyl (C=O) groups is 1. The molecule has 0 unspecified atom stereocenters. The Kier molecular flexibility index (Phi) is 11.7. The van der Waals surface area contributed by atoms with Crippen LogP contribution in [0.3, 0.4) is 0 Å². The van der Waals surface area contributed by atoms with E-state index in [-0.39, 0.29) is 0 Å². The predicted octanol–water partition coefficient (Wildman–Crippen LogP) is 2.54. The fraction of sp³-hybridized carbons (Fsp3) is 0.0833. The quantitative estimate of drug-likeness (QED) is 0.538. The fourth-order valence-electron chi connectivity index (χ4n) is 0.385. The van der Waals surface area contributed by atoms with E-state index in [2.05, 4.69) is 19.7 Å². The van der Waals surface area contributed by atoms with Gasteiger partial charge in [0, 0.05) is 5.57 Å². The highest BCUT2D eigenvalue weighted by atomic mass is 16.1. The Morgan fingerprint density at radius 2 is 1.14 bits per heavy atom.